The van der Waals surface area contributed by atoms with Crippen LogP contribution < -0.4 is 10.1 Å². The lowest BCUT2D eigenvalue weighted by molar-refractivity contribution is -0.0513. The van der Waals surface area contributed by atoms with Crippen molar-refractivity contribution in [1.29, 1.82) is 0 Å². The molecule has 1 N–H and O–H groups in total. The van der Waals surface area contributed by atoms with Gasteiger partial charge in [-0.25, -0.2) is 4.39 Å². The van der Waals surface area contributed by atoms with Gasteiger partial charge in [0, 0.05) is 12.1 Å². The van der Waals surface area contributed by atoms with Gasteiger partial charge in [0.15, 0.2) is 11.6 Å². The molecular formula is C17H24FNO2. The Labute approximate surface area is 125 Å². The van der Waals surface area contributed by atoms with Crippen LogP contribution in [0.4, 0.5) is 4.39 Å². The molecule has 0 bridgehead atoms. The number of hydrogen-bond donors (Lipinski definition) is 1. The summed E-state index contributed by atoms with van der Waals surface area (Å²) in [6.45, 7) is 1.04. The van der Waals surface area contributed by atoms with Crippen LogP contribution in [0.5, 0.6) is 5.75 Å². The maximum atomic E-state index is 13.9. The van der Waals surface area contributed by atoms with Crippen molar-refractivity contribution in [3.05, 3.63) is 29.6 Å². The van der Waals surface area contributed by atoms with E-state index in [1.165, 1.54) is 31.7 Å². The van der Waals surface area contributed by atoms with Gasteiger partial charge >= 0.3 is 0 Å². The Hall–Kier alpha value is -1.13. The van der Waals surface area contributed by atoms with Crippen LogP contribution in [0.15, 0.2) is 18.2 Å². The highest BCUT2D eigenvalue weighted by atomic mass is 19.1. The lowest BCUT2D eigenvalue weighted by atomic mass is 9.98. The van der Waals surface area contributed by atoms with Crippen LogP contribution >= 0.6 is 0 Å². The third-order valence-corrected chi connectivity index (χ3v) is 4.68. The molecule has 3 nitrogen and oxygen atoms in total. The van der Waals surface area contributed by atoms with E-state index in [0.717, 1.165) is 18.4 Å². The predicted octanol–water partition coefficient (Wildman–Crippen LogP) is 3.42. The Morgan fingerprint density at radius 1 is 1.33 bits per heavy atom. The fraction of sp³-hybridized carbons (Fsp3) is 0.647. The minimum absolute atomic E-state index is 0.102. The smallest absolute Gasteiger partial charge is 0.165 e. The molecule has 0 amide bonds. The van der Waals surface area contributed by atoms with E-state index in [-0.39, 0.29) is 17.5 Å². The van der Waals surface area contributed by atoms with Crippen molar-refractivity contribution in [3.63, 3.8) is 0 Å². The molecule has 1 aromatic carbocycles. The molecule has 3 rings (SSSR count). The normalized spacial score (nSPS) is 23.8. The fourth-order valence-electron chi connectivity index (χ4n) is 3.62. The minimum atomic E-state index is -0.295. The zero-order valence-corrected chi connectivity index (χ0v) is 12.7. The van der Waals surface area contributed by atoms with Gasteiger partial charge in [0.25, 0.3) is 0 Å². The van der Waals surface area contributed by atoms with Crippen LogP contribution in [0.1, 0.15) is 44.1 Å². The molecule has 1 unspecified atom stereocenters. The largest absolute Gasteiger partial charge is 0.487 e. The molecule has 0 aromatic heterocycles. The minimum Gasteiger partial charge on any atom is -0.487 e. The van der Waals surface area contributed by atoms with Crippen molar-refractivity contribution >= 4 is 0 Å². The van der Waals surface area contributed by atoms with E-state index < -0.39 is 0 Å². The second-order valence-corrected chi connectivity index (χ2v) is 6.24. The number of rotatable bonds is 5. The summed E-state index contributed by atoms with van der Waals surface area (Å²) in [7, 11) is 1.85. The van der Waals surface area contributed by atoms with Gasteiger partial charge in [0.2, 0.25) is 0 Å². The Morgan fingerprint density at radius 3 is 2.90 bits per heavy atom. The number of halogens is 1. The van der Waals surface area contributed by atoms with E-state index in [1.807, 2.05) is 13.1 Å². The van der Waals surface area contributed by atoms with Crippen molar-refractivity contribution in [1.82, 2.24) is 5.32 Å². The highest BCUT2D eigenvalue weighted by molar-refractivity contribution is 5.34. The van der Waals surface area contributed by atoms with E-state index in [0.29, 0.717) is 18.9 Å². The third kappa shape index (κ3) is 3.22. The van der Waals surface area contributed by atoms with E-state index in [4.69, 9.17) is 9.47 Å². The molecule has 116 valence electrons. The van der Waals surface area contributed by atoms with Crippen molar-refractivity contribution < 1.29 is 13.9 Å². The number of ether oxygens (including phenoxy) is 2. The number of benzene rings is 1. The maximum Gasteiger partial charge on any atom is 0.165 e. The lowest BCUT2D eigenvalue weighted by Crippen LogP contribution is -2.27. The first kappa shape index (κ1) is 14.8. The Bertz CT molecular complexity index is 486. The molecule has 0 radical (unpaired) electrons. The maximum absolute atomic E-state index is 13.9. The van der Waals surface area contributed by atoms with Gasteiger partial charge in [-0.2, -0.15) is 0 Å². The summed E-state index contributed by atoms with van der Waals surface area (Å²) in [5.74, 6) is 0.0687. The van der Waals surface area contributed by atoms with Crippen LogP contribution in [0.3, 0.4) is 0 Å². The van der Waals surface area contributed by atoms with Gasteiger partial charge in [0.1, 0.15) is 6.61 Å². The average molecular weight is 293 g/mol. The van der Waals surface area contributed by atoms with Crippen molar-refractivity contribution in [2.75, 3.05) is 13.7 Å². The van der Waals surface area contributed by atoms with Gasteiger partial charge in [-0.15, -0.1) is 0 Å². The Balaban J connectivity index is 1.60. The quantitative estimate of drug-likeness (QED) is 0.902. The van der Waals surface area contributed by atoms with Crippen molar-refractivity contribution in [3.8, 4) is 5.75 Å². The number of nitrogens with one attached hydrogen (secondary N) is 1. The fourth-order valence-corrected chi connectivity index (χ4v) is 3.62. The summed E-state index contributed by atoms with van der Waals surface area (Å²) in [6.07, 6.45) is 7.14. The molecule has 1 aromatic rings. The summed E-state index contributed by atoms with van der Waals surface area (Å²) < 4.78 is 25.9. The van der Waals surface area contributed by atoms with E-state index in [9.17, 15) is 4.39 Å². The monoisotopic (exact) mass is 293 g/mol. The van der Waals surface area contributed by atoms with Crippen LogP contribution in [-0.2, 0) is 11.3 Å². The second kappa shape index (κ2) is 6.32. The molecular weight excluding hydrogens is 269 g/mol. The summed E-state index contributed by atoms with van der Waals surface area (Å²) in [5, 5.41) is 3.04. The molecule has 1 saturated heterocycles. The summed E-state index contributed by atoms with van der Waals surface area (Å²) in [5.41, 5.74) is 0.961. The molecule has 1 aliphatic carbocycles. The lowest BCUT2D eigenvalue weighted by Gasteiger charge is -2.24. The highest BCUT2D eigenvalue weighted by Crippen LogP contribution is 2.43. The van der Waals surface area contributed by atoms with E-state index >= 15 is 0 Å². The van der Waals surface area contributed by atoms with Gasteiger partial charge in [-0.1, -0.05) is 25.0 Å². The molecule has 1 saturated carbocycles. The van der Waals surface area contributed by atoms with E-state index in [2.05, 4.69) is 5.32 Å². The van der Waals surface area contributed by atoms with Crippen molar-refractivity contribution in [2.24, 2.45) is 0 Å². The van der Waals surface area contributed by atoms with Crippen molar-refractivity contribution in [2.45, 2.75) is 56.8 Å². The first-order valence-corrected chi connectivity index (χ1v) is 7.95. The molecule has 1 atom stereocenters. The topological polar surface area (TPSA) is 30.5 Å². The van der Waals surface area contributed by atoms with Crippen LogP contribution in [0, 0.1) is 5.82 Å². The number of hydrogen-bond acceptors (Lipinski definition) is 3. The summed E-state index contributed by atoms with van der Waals surface area (Å²) in [4.78, 5) is 0. The zero-order valence-electron chi connectivity index (χ0n) is 12.7. The second-order valence-electron chi connectivity index (χ2n) is 6.24. The van der Waals surface area contributed by atoms with Crippen LogP contribution in [-0.4, -0.2) is 25.4 Å². The summed E-state index contributed by atoms with van der Waals surface area (Å²) >= 11 is 0. The first-order valence-electron chi connectivity index (χ1n) is 7.95. The predicted molar refractivity (Wildman–Crippen MR) is 80.0 cm³/mol. The Morgan fingerprint density at radius 2 is 2.14 bits per heavy atom. The summed E-state index contributed by atoms with van der Waals surface area (Å²) in [6, 6.07) is 5.06. The molecule has 4 heteroatoms. The molecule has 1 heterocycles. The van der Waals surface area contributed by atoms with Gasteiger partial charge in [-0.05, 0) is 38.8 Å². The highest BCUT2D eigenvalue weighted by Gasteiger charge is 2.42. The SMILES string of the molecule is CNCc1cccc(F)c1OCC1CCC2(CCCC2)O1. The molecule has 1 aliphatic heterocycles. The molecule has 2 aliphatic rings. The first-order chi connectivity index (χ1) is 10.2. The van der Waals surface area contributed by atoms with Gasteiger partial charge in [-0.3, -0.25) is 0 Å². The van der Waals surface area contributed by atoms with E-state index in [1.54, 1.807) is 6.07 Å². The van der Waals surface area contributed by atoms with Gasteiger partial charge < -0.3 is 14.8 Å². The molecule has 1 spiro atoms. The number of para-hydroxylation sites is 1. The zero-order chi connectivity index (χ0) is 14.7. The standard InChI is InChI=1S/C17H24FNO2/c1-19-11-13-5-4-6-15(18)16(13)20-12-14-7-10-17(21-14)8-2-3-9-17/h4-6,14,19H,2-3,7-12H2,1H3. The Kier molecular flexibility index (Phi) is 4.45. The average Bonchev–Trinajstić information content (AvgIpc) is 3.09. The van der Waals surface area contributed by atoms with Crippen LogP contribution in [0.25, 0.3) is 0 Å². The molecule has 2 fully saturated rings. The van der Waals surface area contributed by atoms with Gasteiger partial charge in [0.05, 0.1) is 11.7 Å². The third-order valence-electron chi connectivity index (χ3n) is 4.68. The molecule has 21 heavy (non-hydrogen) atoms. The van der Waals surface area contributed by atoms with Crippen LogP contribution in [0.2, 0.25) is 0 Å².